The fraction of sp³-hybridized carbons (Fsp3) is 1.00. The second kappa shape index (κ2) is 8.48. The van der Waals surface area contributed by atoms with Gasteiger partial charge in [-0.2, -0.15) is 0 Å². The molecule has 24 heavy (non-hydrogen) atoms. The minimum absolute atomic E-state index is 0.252. The molecule has 0 saturated carbocycles. The van der Waals surface area contributed by atoms with Crippen molar-refractivity contribution in [2.75, 3.05) is 46.1 Å². The molecule has 1 atom stereocenters. The van der Waals surface area contributed by atoms with Gasteiger partial charge in [0.25, 0.3) is 0 Å². The lowest BCUT2D eigenvalue weighted by atomic mass is 9.83. The third kappa shape index (κ3) is 6.99. The van der Waals surface area contributed by atoms with Gasteiger partial charge in [-0.25, -0.2) is 0 Å². The van der Waals surface area contributed by atoms with E-state index in [4.69, 9.17) is 9.47 Å². The normalized spacial score (nSPS) is 25.1. The minimum Gasteiger partial charge on any atom is -0.379 e. The second-order valence-corrected chi connectivity index (χ2v) is 10.1. The van der Waals surface area contributed by atoms with Gasteiger partial charge in [-0.15, -0.1) is 0 Å². The van der Waals surface area contributed by atoms with Crippen LogP contribution in [0.1, 0.15) is 62.3 Å². The molecule has 0 spiro atoms. The van der Waals surface area contributed by atoms with E-state index in [0.29, 0.717) is 17.0 Å². The number of morpholine rings is 2. The molecule has 0 aromatic rings. The van der Waals surface area contributed by atoms with Crippen LogP contribution in [0.15, 0.2) is 0 Å². The van der Waals surface area contributed by atoms with Gasteiger partial charge in [0.1, 0.15) is 0 Å². The van der Waals surface area contributed by atoms with Gasteiger partial charge in [-0.05, 0) is 47.0 Å². The fourth-order valence-electron chi connectivity index (χ4n) is 3.36. The van der Waals surface area contributed by atoms with E-state index in [-0.39, 0.29) is 5.54 Å². The topological polar surface area (TPSA) is 24.9 Å². The molecule has 4 heteroatoms. The van der Waals surface area contributed by atoms with Gasteiger partial charge in [-0.3, -0.25) is 9.80 Å². The van der Waals surface area contributed by atoms with Crippen molar-refractivity contribution in [3.63, 3.8) is 0 Å². The van der Waals surface area contributed by atoms with Crippen LogP contribution in [-0.4, -0.2) is 73.0 Å². The van der Waals surface area contributed by atoms with Gasteiger partial charge in [0.15, 0.2) is 0 Å². The molecule has 2 saturated heterocycles. The molecule has 0 bridgehead atoms. The Balaban J connectivity index is 0.000000254. The predicted molar refractivity (Wildman–Crippen MR) is 103 cm³/mol. The summed E-state index contributed by atoms with van der Waals surface area (Å²) in [5, 5.41) is 0. The van der Waals surface area contributed by atoms with E-state index in [9.17, 15) is 0 Å². The van der Waals surface area contributed by atoms with Crippen molar-refractivity contribution in [2.24, 2.45) is 5.41 Å². The van der Waals surface area contributed by atoms with Crippen LogP contribution in [0.5, 0.6) is 0 Å². The van der Waals surface area contributed by atoms with E-state index in [1.54, 1.807) is 0 Å². The Bertz CT molecular complexity index is 335. The quantitative estimate of drug-likeness (QED) is 0.671. The molecule has 0 amide bonds. The number of nitrogens with zero attached hydrogens (tertiary/aromatic N) is 2. The van der Waals surface area contributed by atoms with Crippen LogP contribution in [-0.2, 0) is 9.47 Å². The number of hydrogen-bond acceptors (Lipinski definition) is 4. The summed E-state index contributed by atoms with van der Waals surface area (Å²) in [4.78, 5) is 5.03. The molecule has 0 N–H and O–H groups in total. The monoisotopic (exact) mass is 342 g/mol. The third-order valence-electron chi connectivity index (χ3n) is 4.95. The SMILES string of the molecule is CC(C)(C)C1COCCN1C(C)(C)C.CC(C)(C)N1CCOCC1. The molecule has 2 heterocycles. The Morgan fingerprint density at radius 2 is 1.17 bits per heavy atom. The van der Waals surface area contributed by atoms with Crippen LogP contribution in [0.4, 0.5) is 0 Å². The standard InChI is InChI=1S/C12H25NO.C8H17NO/c1-11(2,3)10-9-14-8-7-13(10)12(4,5)6;1-8(2,3)9-4-6-10-7-5-9/h10H,7-9H2,1-6H3;4-7H2,1-3H3. The summed E-state index contributed by atoms with van der Waals surface area (Å²) < 4.78 is 10.8. The van der Waals surface area contributed by atoms with Crippen molar-refractivity contribution < 1.29 is 9.47 Å². The first-order valence-corrected chi connectivity index (χ1v) is 9.51. The van der Waals surface area contributed by atoms with Gasteiger partial charge in [0.2, 0.25) is 0 Å². The summed E-state index contributed by atoms with van der Waals surface area (Å²) >= 11 is 0. The van der Waals surface area contributed by atoms with E-state index in [0.717, 1.165) is 46.1 Å². The van der Waals surface area contributed by atoms with Crippen molar-refractivity contribution in [3.05, 3.63) is 0 Å². The lowest BCUT2D eigenvalue weighted by molar-refractivity contribution is -0.0856. The van der Waals surface area contributed by atoms with E-state index in [1.165, 1.54) is 0 Å². The van der Waals surface area contributed by atoms with Crippen molar-refractivity contribution in [1.82, 2.24) is 9.80 Å². The largest absolute Gasteiger partial charge is 0.379 e. The molecule has 2 aliphatic rings. The van der Waals surface area contributed by atoms with Crippen LogP contribution < -0.4 is 0 Å². The molecule has 0 radical (unpaired) electrons. The highest BCUT2D eigenvalue weighted by atomic mass is 16.5. The van der Waals surface area contributed by atoms with E-state index in [1.807, 2.05) is 0 Å². The average molecular weight is 343 g/mol. The molecule has 2 rings (SSSR count). The first-order valence-electron chi connectivity index (χ1n) is 9.51. The van der Waals surface area contributed by atoms with Crippen molar-refractivity contribution in [1.29, 1.82) is 0 Å². The highest BCUT2D eigenvalue weighted by molar-refractivity contribution is 4.91. The van der Waals surface area contributed by atoms with Gasteiger partial charge >= 0.3 is 0 Å². The summed E-state index contributed by atoms with van der Waals surface area (Å²) in [7, 11) is 0. The smallest absolute Gasteiger partial charge is 0.0627 e. The summed E-state index contributed by atoms with van der Waals surface area (Å²) in [6.07, 6.45) is 0. The zero-order chi connectivity index (χ0) is 18.6. The highest BCUT2D eigenvalue weighted by Gasteiger charge is 2.38. The fourth-order valence-corrected chi connectivity index (χ4v) is 3.36. The molecule has 144 valence electrons. The summed E-state index contributed by atoms with van der Waals surface area (Å²) in [5.41, 5.74) is 0.874. The lowest BCUT2D eigenvalue weighted by Gasteiger charge is -2.49. The highest BCUT2D eigenvalue weighted by Crippen LogP contribution is 2.31. The second-order valence-electron chi connectivity index (χ2n) is 10.1. The maximum absolute atomic E-state index is 5.59. The van der Waals surface area contributed by atoms with Crippen molar-refractivity contribution in [2.45, 2.75) is 79.4 Å². The van der Waals surface area contributed by atoms with Gasteiger partial charge < -0.3 is 9.47 Å². The van der Waals surface area contributed by atoms with Crippen LogP contribution in [0.3, 0.4) is 0 Å². The van der Waals surface area contributed by atoms with Crippen LogP contribution in [0.2, 0.25) is 0 Å². The summed E-state index contributed by atoms with van der Waals surface area (Å²) in [6, 6.07) is 0.538. The summed E-state index contributed by atoms with van der Waals surface area (Å²) in [6.45, 7) is 27.3. The Morgan fingerprint density at radius 1 is 0.667 bits per heavy atom. The van der Waals surface area contributed by atoms with Gasteiger partial charge in [0.05, 0.1) is 26.4 Å². The molecule has 4 nitrogen and oxygen atoms in total. The Hall–Kier alpha value is -0.160. The Morgan fingerprint density at radius 3 is 1.50 bits per heavy atom. The third-order valence-corrected chi connectivity index (χ3v) is 4.95. The number of ether oxygens (including phenoxy) is 2. The predicted octanol–water partition coefficient (Wildman–Crippen LogP) is 3.65. The molecule has 2 fully saturated rings. The molecule has 0 aromatic carbocycles. The maximum Gasteiger partial charge on any atom is 0.0627 e. The van der Waals surface area contributed by atoms with Crippen LogP contribution in [0, 0.1) is 5.41 Å². The minimum atomic E-state index is 0.252. The van der Waals surface area contributed by atoms with E-state index >= 15 is 0 Å². The zero-order valence-corrected chi connectivity index (χ0v) is 17.7. The first-order chi connectivity index (χ1) is 10.8. The van der Waals surface area contributed by atoms with Crippen molar-refractivity contribution in [3.8, 4) is 0 Å². The molecule has 0 aliphatic carbocycles. The molecular formula is C20H42N2O2. The average Bonchev–Trinajstić information content (AvgIpc) is 2.46. The molecule has 0 aromatic heterocycles. The maximum atomic E-state index is 5.59. The molecule has 2 aliphatic heterocycles. The first kappa shape index (κ1) is 21.9. The lowest BCUT2D eigenvalue weighted by Crippen LogP contribution is -2.58. The Kier molecular flexibility index (Phi) is 7.73. The summed E-state index contributed by atoms with van der Waals surface area (Å²) in [5.74, 6) is 0. The van der Waals surface area contributed by atoms with Crippen LogP contribution >= 0.6 is 0 Å². The van der Waals surface area contributed by atoms with E-state index in [2.05, 4.69) is 72.1 Å². The van der Waals surface area contributed by atoms with Crippen LogP contribution in [0.25, 0.3) is 0 Å². The van der Waals surface area contributed by atoms with Gasteiger partial charge in [0, 0.05) is 36.8 Å². The zero-order valence-electron chi connectivity index (χ0n) is 17.7. The molecule has 1 unspecified atom stereocenters. The number of rotatable bonds is 0. The van der Waals surface area contributed by atoms with Crippen molar-refractivity contribution >= 4 is 0 Å². The Labute approximate surface area is 150 Å². The van der Waals surface area contributed by atoms with E-state index < -0.39 is 0 Å². The molecular weight excluding hydrogens is 300 g/mol. The number of hydrogen-bond donors (Lipinski definition) is 0. The van der Waals surface area contributed by atoms with Gasteiger partial charge in [-0.1, -0.05) is 20.8 Å².